The van der Waals surface area contributed by atoms with Gasteiger partial charge in [-0.3, -0.25) is 14.5 Å². The number of nitrogens with zero attached hydrogens (tertiary/aromatic N) is 1. The van der Waals surface area contributed by atoms with Crippen LogP contribution in [0.4, 0.5) is 0 Å². The van der Waals surface area contributed by atoms with Crippen molar-refractivity contribution >= 4 is 23.2 Å². The molecule has 3 rings (SSSR count). The van der Waals surface area contributed by atoms with Crippen LogP contribution in [-0.4, -0.2) is 28.4 Å². The summed E-state index contributed by atoms with van der Waals surface area (Å²) in [5.41, 5.74) is 0.787. The quantitative estimate of drug-likeness (QED) is 0.626. The van der Waals surface area contributed by atoms with Gasteiger partial charge in [-0.25, -0.2) is 0 Å². The summed E-state index contributed by atoms with van der Waals surface area (Å²) in [6, 6.07) is 1.84. The molecule has 0 radical (unpaired) electrons. The standard InChI is InChI=1S/C13H11NO3S/c15-4-1-2-8-3-5-18-11(8)7-14-12(16)9-6-10(9)13(14)17/h3,5,9-10,15H,4,6-7H2. The molecule has 1 aromatic heterocycles. The third-order valence-electron chi connectivity index (χ3n) is 3.31. The molecular weight excluding hydrogens is 250 g/mol. The Labute approximate surface area is 108 Å². The number of thiophene rings is 1. The highest BCUT2D eigenvalue weighted by atomic mass is 32.1. The van der Waals surface area contributed by atoms with E-state index in [4.69, 9.17) is 5.11 Å². The van der Waals surface area contributed by atoms with Crippen LogP contribution < -0.4 is 0 Å². The molecule has 1 aliphatic carbocycles. The van der Waals surface area contributed by atoms with Crippen molar-refractivity contribution in [2.75, 3.05) is 6.61 Å². The van der Waals surface area contributed by atoms with Crippen LogP contribution in [0.3, 0.4) is 0 Å². The third kappa shape index (κ3) is 1.74. The number of aliphatic hydroxyl groups is 1. The summed E-state index contributed by atoms with van der Waals surface area (Å²) in [5.74, 6) is 5.22. The van der Waals surface area contributed by atoms with Crippen LogP contribution in [0.15, 0.2) is 11.4 Å². The number of fused-ring (bicyclic) bond motifs is 1. The predicted molar refractivity (Wildman–Crippen MR) is 65.4 cm³/mol. The summed E-state index contributed by atoms with van der Waals surface area (Å²) in [5, 5.41) is 10.6. The number of rotatable bonds is 2. The zero-order chi connectivity index (χ0) is 12.7. The molecule has 1 saturated heterocycles. The Morgan fingerprint density at radius 1 is 1.39 bits per heavy atom. The average Bonchev–Trinajstić information content (AvgIpc) is 2.99. The molecule has 92 valence electrons. The Hall–Kier alpha value is -1.64. The van der Waals surface area contributed by atoms with Crippen LogP contribution in [0.25, 0.3) is 0 Å². The minimum atomic E-state index is -0.193. The average molecular weight is 261 g/mol. The minimum absolute atomic E-state index is 0.0422. The zero-order valence-corrected chi connectivity index (χ0v) is 10.4. The number of aliphatic hydroxyl groups excluding tert-OH is 1. The molecule has 2 atom stereocenters. The summed E-state index contributed by atoms with van der Waals surface area (Å²) in [6.45, 7) is 0.124. The van der Waals surface area contributed by atoms with Crippen molar-refractivity contribution in [2.24, 2.45) is 11.8 Å². The lowest BCUT2D eigenvalue weighted by Gasteiger charge is -2.15. The normalized spacial score (nSPS) is 24.8. The van der Waals surface area contributed by atoms with Gasteiger partial charge in [-0.05, 0) is 17.9 Å². The first-order chi connectivity index (χ1) is 8.72. The molecule has 1 N–H and O–H groups in total. The van der Waals surface area contributed by atoms with Crippen LogP contribution >= 0.6 is 11.3 Å². The van der Waals surface area contributed by atoms with Gasteiger partial charge < -0.3 is 5.11 Å². The van der Waals surface area contributed by atoms with Gasteiger partial charge in [0, 0.05) is 10.4 Å². The SMILES string of the molecule is O=C1C2CC2C(=O)N1Cc1sccc1C#CCO. The molecular formula is C13H11NO3S. The number of carbonyl (C=O) groups excluding carboxylic acids is 2. The molecule has 0 bridgehead atoms. The van der Waals surface area contributed by atoms with Gasteiger partial charge in [0.05, 0.1) is 18.4 Å². The zero-order valence-electron chi connectivity index (χ0n) is 9.55. The van der Waals surface area contributed by atoms with Crippen LogP contribution in [0.5, 0.6) is 0 Å². The first-order valence-corrected chi connectivity index (χ1v) is 6.61. The van der Waals surface area contributed by atoms with Crippen LogP contribution in [0.1, 0.15) is 16.9 Å². The van der Waals surface area contributed by atoms with Crippen LogP contribution in [0, 0.1) is 23.7 Å². The monoisotopic (exact) mass is 261 g/mol. The van der Waals surface area contributed by atoms with E-state index in [-0.39, 0.29) is 30.3 Å². The van der Waals surface area contributed by atoms with E-state index in [9.17, 15) is 9.59 Å². The third-order valence-corrected chi connectivity index (χ3v) is 4.21. The minimum Gasteiger partial charge on any atom is -0.384 e. The van der Waals surface area contributed by atoms with Gasteiger partial charge in [-0.2, -0.15) is 0 Å². The van der Waals surface area contributed by atoms with E-state index < -0.39 is 0 Å². The summed E-state index contributed by atoms with van der Waals surface area (Å²) in [6.07, 6.45) is 0.732. The van der Waals surface area contributed by atoms with Crippen molar-refractivity contribution in [1.29, 1.82) is 0 Å². The van der Waals surface area contributed by atoms with E-state index >= 15 is 0 Å². The fourth-order valence-electron chi connectivity index (χ4n) is 2.26. The lowest BCUT2D eigenvalue weighted by molar-refractivity contribution is -0.141. The number of amides is 2. The van der Waals surface area contributed by atoms with Crippen LogP contribution in [-0.2, 0) is 16.1 Å². The number of likely N-dealkylation sites (tertiary alicyclic amines) is 1. The first-order valence-electron chi connectivity index (χ1n) is 5.73. The second kappa shape index (κ2) is 4.23. The fourth-order valence-corrected chi connectivity index (χ4v) is 3.08. The highest BCUT2D eigenvalue weighted by Crippen LogP contribution is 2.47. The lowest BCUT2D eigenvalue weighted by Crippen LogP contribution is -2.32. The van der Waals surface area contributed by atoms with Crippen molar-refractivity contribution in [3.8, 4) is 11.8 Å². The Bertz CT molecular complexity index is 561. The van der Waals surface area contributed by atoms with Gasteiger partial charge in [-0.15, -0.1) is 11.3 Å². The van der Waals surface area contributed by atoms with E-state index in [1.165, 1.54) is 16.2 Å². The molecule has 0 aromatic carbocycles. The maximum Gasteiger partial charge on any atom is 0.233 e. The molecule has 1 aliphatic heterocycles. The Kier molecular flexibility index (Phi) is 2.69. The maximum atomic E-state index is 11.8. The Morgan fingerprint density at radius 2 is 2.11 bits per heavy atom. The molecule has 0 spiro atoms. The van der Waals surface area contributed by atoms with Gasteiger partial charge in [0.1, 0.15) is 6.61 Å². The second-order valence-corrected chi connectivity index (χ2v) is 5.43. The maximum absolute atomic E-state index is 11.8. The lowest BCUT2D eigenvalue weighted by atomic mass is 10.2. The van der Waals surface area contributed by atoms with Gasteiger partial charge in [0.25, 0.3) is 0 Å². The molecule has 5 heteroatoms. The second-order valence-electron chi connectivity index (χ2n) is 4.43. The summed E-state index contributed by atoms with van der Waals surface area (Å²) in [4.78, 5) is 25.9. The van der Waals surface area contributed by atoms with Gasteiger partial charge >= 0.3 is 0 Å². The largest absolute Gasteiger partial charge is 0.384 e. The molecule has 1 saturated carbocycles. The van der Waals surface area contributed by atoms with Crippen LogP contribution in [0.2, 0.25) is 0 Å². The molecule has 2 heterocycles. The van der Waals surface area contributed by atoms with Crippen molar-refractivity contribution in [3.63, 3.8) is 0 Å². The Morgan fingerprint density at radius 3 is 2.78 bits per heavy atom. The van der Waals surface area contributed by atoms with E-state index in [1.54, 1.807) is 0 Å². The van der Waals surface area contributed by atoms with Crippen molar-refractivity contribution in [2.45, 2.75) is 13.0 Å². The molecule has 2 amide bonds. The van der Waals surface area contributed by atoms with E-state index in [2.05, 4.69) is 11.8 Å². The van der Waals surface area contributed by atoms with Crippen molar-refractivity contribution in [1.82, 2.24) is 4.90 Å². The summed E-state index contributed by atoms with van der Waals surface area (Å²) in [7, 11) is 0. The highest BCUT2D eigenvalue weighted by molar-refractivity contribution is 7.10. The number of hydrogen-bond donors (Lipinski definition) is 1. The van der Waals surface area contributed by atoms with E-state index in [0.717, 1.165) is 16.9 Å². The van der Waals surface area contributed by atoms with E-state index in [0.29, 0.717) is 6.54 Å². The number of carbonyl (C=O) groups is 2. The molecule has 2 unspecified atom stereocenters. The number of imide groups is 1. The van der Waals surface area contributed by atoms with Crippen molar-refractivity contribution < 1.29 is 14.7 Å². The molecule has 4 nitrogen and oxygen atoms in total. The van der Waals surface area contributed by atoms with E-state index in [1.807, 2.05) is 11.4 Å². The topological polar surface area (TPSA) is 57.6 Å². The predicted octanol–water partition coefficient (Wildman–Crippen LogP) is 0.597. The molecule has 2 aliphatic rings. The number of hydrogen-bond acceptors (Lipinski definition) is 4. The molecule has 1 aromatic rings. The number of piperidine rings is 1. The highest BCUT2D eigenvalue weighted by Gasteiger charge is 2.58. The van der Waals surface area contributed by atoms with Gasteiger partial charge in [0.2, 0.25) is 11.8 Å². The summed E-state index contributed by atoms with van der Waals surface area (Å²) >= 11 is 1.48. The summed E-state index contributed by atoms with van der Waals surface area (Å²) < 4.78 is 0. The van der Waals surface area contributed by atoms with Gasteiger partial charge in [-0.1, -0.05) is 11.8 Å². The van der Waals surface area contributed by atoms with Gasteiger partial charge in [0.15, 0.2) is 0 Å². The van der Waals surface area contributed by atoms with Crippen molar-refractivity contribution in [3.05, 3.63) is 21.9 Å². The smallest absolute Gasteiger partial charge is 0.233 e. The Balaban J connectivity index is 1.79. The molecule has 2 fully saturated rings. The fraction of sp³-hybridized carbons (Fsp3) is 0.385. The molecule has 18 heavy (non-hydrogen) atoms. The first kappa shape index (κ1) is 11.5.